The highest BCUT2D eigenvalue weighted by Gasteiger charge is 2.24. The molecule has 19 heavy (non-hydrogen) atoms. The number of ether oxygens (including phenoxy) is 1. The maximum absolute atomic E-state index is 11.3. The van der Waals surface area contributed by atoms with Crippen LogP contribution < -0.4 is 5.32 Å². The van der Waals surface area contributed by atoms with Crippen LogP contribution in [0.2, 0.25) is 0 Å². The Morgan fingerprint density at radius 3 is 2.84 bits per heavy atom. The minimum Gasteiger partial charge on any atom is -0.458 e. The summed E-state index contributed by atoms with van der Waals surface area (Å²) in [4.78, 5) is 24.0. The van der Waals surface area contributed by atoms with Crippen LogP contribution in [-0.4, -0.2) is 42.6 Å². The zero-order valence-electron chi connectivity index (χ0n) is 12.0. The van der Waals surface area contributed by atoms with Crippen molar-refractivity contribution in [1.82, 2.24) is 10.2 Å². The fraction of sp³-hybridized carbons (Fsp3) is 0.714. The van der Waals surface area contributed by atoms with Crippen molar-refractivity contribution in [2.75, 3.05) is 13.6 Å². The summed E-state index contributed by atoms with van der Waals surface area (Å²) in [5.41, 5.74) is 0. The van der Waals surface area contributed by atoms with Gasteiger partial charge in [0.25, 0.3) is 0 Å². The second-order valence-electron chi connectivity index (χ2n) is 4.89. The molecule has 2 unspecified atom stereocenters. The first kappa shape index (κ1) is 15.5. The molecule has 0 radical (unpaired) electrons. The van der Waals surface area contributed by atoms with Crippen molar-refractivity contribution in [3.8, 4) is 0 Å². The minimum absolute atomic E-state index is 0.0386. The number of unbranched alkanes of at least 4 members (excludes halogenated alkanes) is 2. The zero-order chi connectivity index (χ0) is 14.3. The number of esters is 1. The van der Waals surface area contributed by atoms with Gasteiger partial charge >= 0.3 is 12.0 Å². The van der Waals surface area contributed by atoms with Gasteiger partial charge in [-0.3, -0.25) is 4.79 Å². The molecule has 0 aromatic carbocycles. The number of carbonyl (C=O) groups excluding carboxylic acids is 2. The van der Waals surface area contributed by atoms with Crippen LogP contribution in [0.5, 0.6) is 0 Å². The average molecular weight is 268 g/mol. The first-order valence-corrected chi connectivity index (χ1v) is 6.90. The lowest BCUT2D eigenvalue weighted by Crippen LogP contribution is -2.28. The Labute approximate surface area is 115 Å². The molecule has 1 saturated heterocycles. The summed E-state index contributed by atoms with van der Waals surface area (Å²) in [5, 5.41) is 2.76. The van der Waals surface area contributed by atoms with Crippen LogP contribution in [0, 0.1) is 0 Å². The quantitative estimate of drug-likeness (QED) is 0.437. The highest BCUT2D eigenvalue weighted by Crippen LogP contribution is 2.11. The predicted molar refractivity (Wildman–Crippen MR) is 73.8 cm³/mol. The Kier molecular flexibility index (Phi) is 6.39. The first-order chi connectivity index (χ1) is 9.04. The topological polar surface area (TPSA) is 58.6 Å². The van der Waals surface area contributed by atoms with Crippen molar-refractivity contribution < 1.29 is 14.3 Å². The van der Waals surface area contributed by atoms with Crippen molar-refractivity contribution in [1.29, 1.82) is 0 Å². The largest absolute Gasteiger partial charge is 0.458 e. The molecule has 1 heterocycles. The van der Waals surface area contributed by atoms with Gasteiger partial charge in [0.1, 0.15) is 6.10 Å². The fourth-order valence-corrected chi connectivity index (χ4v) is 2.06. The molecule has 1 fully saturated rings. The van der Waals surface area contributed by atoms with Gasteiger partial charge in [-0.15, -0.1) is 0 Å². The van der Waals surface area contributed by atoms with Gasteiger partial charge in [0.2, 0.25) is 0 Å². The van der Waals surface area contributed by atoms with Gasteiger partial charge < -0.3 is 15.0 Å². The third kappa shape index (κ3) is 5.32. The molecule has 2 atom stereocenters. The first-order valence-electron chi connectivity index (χ1n) is 6.90. The maximum Gasteiger partial charge on any atom is 0.317 e. The smallest absolute Gasteiger partial charge is 0.317 e. The van der Waals surface area contributed by atoms with Gasteiger partial charge in [0, 0.05) is 20.5 Å². The lowest BCUT2D eigenvalue weighted by molar-refractivity contribution is -0.144. The Balaban J connectivity index is 2.50. The molecule has 0 aromatic heterocycles. The van der Waals surface area contributed by atoms with E-state index in [9.17, 15) is 9.59 Å². The standard InChI is InChI=1S/C14H24N2O3/c1-4-5-6-7-13(19-11(2)17)9-8-12-10-15-14(18)16(12)3/h8-9,12-13H,4-7,10H2,1-3H3,(H,15,18). The second-order valence-corrected chi connectivity index (χ2v) is 4.89. The van der Waals surface area contributed by atoms with Gasteiger partial charge in [-0.05, 0) is 18.9 Å². The lowest BCUT2D eigenvalue weighted by Gasteiger charge is -2.16. The number of hydrogen-bond acceptors (Lipinski definition) is 3. The highest BCUT2D eigenvalue weighted by atomic mass is 16.5. The molecule has 0 aliphatic carbocycles. The van der Waals surface area contributed by atoms with E-state index in [-0.39, 0.29) is 24.1 Å². The molecular formula is C14H24N2O3. The van der Waals surface area contributed by atoms with Gasteiger partial charge in [-0.2, -0.15) is 0 Å². The summed E-state index contributed by atoms with van der Waals surface area (Å²) in [6.45, 7) is 4.17. The van der Waals surface area contributed by atoms with Gasteiger partial charge in [-0.25, -0.2) is 4.79 Å². The van der Waals surface area contributed by atoms with E-state index < -0.39 is 0 Å². The molecule has 108 valence electrons. The lowest BCUT2D eigenvalue weighted by atomic mass is 10.1. The van der Waals surface area contributed by atoms with Crippen LogP contribution in [0.4, 0.5) is 4.79 Å². The molecule has 1 aliphatic heterocycles. The Morgan fingerprint density at radius 1 is 1.58 bits per heavy atom. The van der Waals surface area contributed by atoms with E-state index in [0.29, 0.717) is 6.54 Å². The molecule has 0 saturated carbocycles. The van der Waals surface area contributed by atoms with Crippen LogP contribution in [-0.2, 0) is 9.53 Å². The number of urea groups is 1. The third-order valence-corrected chi connectivity index (χ3v) is 3.24. The summed E-state index contributed by atoms with van der Waals surface area (Å²) in [5.74, 6) is -0.264. The molecule has 2 amide bonds. The number of likely N-dealkylation sites (N-methyl/N-ethyl adjacent to an activating group) is 1. The van der Waals surface area contributed by atoms with Crippen LogP contribution in [0.1, 0.15) is 39.5 Å². The molecule has 1 N–H and O–H groups in total. The molecule has 1 rings (SSSR count). The van der Waals surface area contributed by atoms with E-state index in [1.165, 1.54) is 6.92 Å². The zero-order valence-corrected chi connectivity index (χ0v) is 12.0. The SMILES string of the molecule is CCCCCC(C=CC1CNC(=O)N1C)OC(C)=O. The molecule has 5 nitrogen and oxygen atoms in total. The molecule has 5 heteroatoms. The molecule has 0 spiro atoms. The van der Waals surface area contributed by atoms with E-state index in [2.05, 4.69) is 12.2 Å². The highest BCUT2D eigenvalue weighted by molar-refractivity contribution is 5.76. The van der Waals surface area contributed by atoms with Crippen LogP contribution >= 0.6 is 0 Å². The van der Waals surface area contributed by atoms with Crippen molar-refractivity contribution in [2.45, 2.75) is 51.7 Å². The van der Waals surface area contributed by atoms with Crippen LogP contribution in [0.3, 0.4) is 0 Å². The number of amides is 2. The molecular weight excluding hydrogens is 244 g/mol. The van der Waals surface area contributed by atoms with Crippen molar-refractivity contribution in [2.24, 2.45) is 0 Å². The van der Waals surface area contributed by atoms with Crippen LogP contribution in [0.15, 0.2) is 12.2 Å². The van der Waals surface area contributed by atoms with E-state index in [1.807, 2.05) is 12.2 Å². The fourth-order valence-electron chi connectivity index (χ4n) is 2.06. The van der Waals surface area contributed by atoms with Gasteiger partial charge in [0.05, 0.1) is 6.04 Å². The van der Waals surface area contributed by atoms with Crippen LogP contribution in [0.25, 0.3) is 0 Å². The van der Waals surface area contributed by atoms with Gasteiger partial charge in [0.15, 0.2) is 0 Å². The van der Waals surface area contributed by atoms with Crippen molar-refractivity contribution in [3.63, 3.8) is 0 Å². The third-order valence-electron chi connectivity index (χ3n) is 3.24. The minimum atomic E-state index is -0.264. The normalized spacial score (nSPS) is 20.7. The summed E-state index contributed by atoms with van der Waals surface area (Å²) in [6.07, 6.45) is 7.80. The van der Waals surface area contributed by atoms with E-state index in [4.69, 9.17) is 4.74 Å². The predicted octanol–water partition coefficient (Wildman–Crippen LogP) is 2.08. The Hall–Kier alpha value is -1.52. The average Bonchev–Trinajstić information content (AvgIpc) is 2.67. The molecule has 1 aliphatic rings. The number of rotatable bonds is 7. The molecule has 0 aromatic rings. The second kappa shape index (κ2) is 7.81. The summed E-state index contributed by atoms with van der Waals surface area (Å²) in [6, 6.07) is -0.0265. The summed E-state index contributed by atoms with van der Waals surface area (Å²) >= 11 is 0. The number of hydrogen-bond donors (Lipinski definition) is 1. The monoisotopic (exact) mass is 268 g/mol. The number of nitrogens with zero attached hydrogens (tertiary/aromatic N) is 1. The summed E-state index contributed by atoms with van der Waals surface area (Å²) < 4.78 is 5.27. The van der Waals surface area contributed by atoms with Gasteiger partial charge in [-0.1, -0.05) is 25.8 Å². The maximum atomic E-state index is 11.3. The number of carbonyl (C=O) groups is 2. The van der Waals surface area contributed by atoms with E-state index in [0.717, 1.165) is 25.7 Å². The Bertz CT molecular complexity index is 342. The van der Waals surface area contributed by atoms with E-state index >= 15 is 0 Å². The molecule has 0 bridgehead atoms. The number of nitrogens with one attached hydrogen (secondary N) is 1. The summed E-state index contributed by atoms with van der Waals surface area (Å²) in [7, 11) is 1.76. The Morgan fingerprint density at radius 2 is 2.32 bits per heavy atom. The van der Waals surface area contributed by atoms with Crippen molar-refractivity contribution >= 4 is 12.0 Å². The van der Waals surface area contributed by atoms with E-state index in [1.54, 1.807) is 11.9 Å². The van der Waals surface area contributed by atoms with Crippen molar-refractivity contribution in [3.05, 3.63) is 12.2 Å².